The van der Waals surface area contributed by atoms with Crippen LogP contribution in [-0.4, -0.2) is 26.2 Å². The molecule has 2 aromatic carbocycles. The topological polar surface area (TPSA) is 93.8 Å². The van der Waals surface area contributed by atoms with E-state index in [1.54, 1.807) is 18.3 Å². The van der Waals surface area contributed by atoms with Crippen LogP contribution in [0.5, 0.6) is 0 Å². The highest BCUT2D eigenvalue weighted by molar-refractivity contribution is 9.10. The minimum Gasteiger partial charge on any atom is -0.465 e. The van der Waals surface area contributed by atoms with Gasteiger partial charge in [0.15, 0.2) is 0 Å². The number of carboxylic acid groups (broad SMARTS) is 1. The number of aromatic amines is 2. The predicted molar refractivity (Wildman–Crippen MR) is 108 cm³/mol. The van der Waals surface area contributed by atoms with Crippen molar-refractivity contribution in [2.24, 2.45) is 0 Å². The maximum atomic E-state index is 13.1. The normalized spacial score (nSPS) is 12.2. The number of rotatable bonds is 5. The molecule has 8 heteroatoms. The van der Waals surface area contributed by atoms with E-state index < -0.39 is 12.1 Å². The molecular formula is C20H16BrFN4O2. The van der Waals surface area contributed by atoms with E-state index in [4.69, 9.17) is 0 Å². The molecule has 0 aliphatic rings. The molecule has 6 nitrogen and oxygen atoms in total. The SMILES string of the molecule is O=C(O)N[C@@H](Cc1c[nH]c2ccc(Br)cc12)c1nc(-c2ccc(F)cc2)c[nH]1. The summed E-state index contributed by atoms with van der Waals surface area (Å²) < 4.78 is 14.1. The molecule has 0 aliphatic heterocycles. The maximum absolute atomic E-state index is 13.1. The number of imidazole rings is 1. The number of nitrogens with zero attached hydrogens (tertiary/aromatic N) is 1. The van der Waals surface area contributed by atoms with Gasteiger partial charge >= 0.3 is 6.09 Å². The number of fused-ring (bicyclic) bond motifs is 1. The van der Waals surface area contributed by atoms with Gasteiger partial charge in [0.05, 0.1) is 11.7 Å². The third-order valence-electron chi connectivity index (χ3n) is 4.52. The van der Waals surface area contributed by atoms with Crippen LogP contribution in [0, 0.1) is 5.82 Å². The second kappa shape index (κ2) is 7.47. The molecule has 0 bridgehead atoms. The zero-order chi connectivity index (χ0) is 19.7. The van der Waals surface area contributed by atoms with Crippen LogP contribution in [0.3, 0.4) is 0 Å². The summed E-state index contributed by atoms with van der Waals surface area (Å²) >= 11 is 3.47. The molecule has 28 heavy (non-hydrogen) atoms. The van der Waals surface area contributed by atoms with Crippen molar-refractivity contribution in [2.75, 3.05) is 0 Å². The molecule has 2 aromatic heterocycles. The fourth-order valence-corrected chi connectivity index (χ4v) is 3.55. The zero-order valence-electron chi connectivity index (χ0n) is 14.5. The van der Waals surface area contributed by atoms with E-state index >= 15 is 0 Å². The number of H-pyrrole nitrogens is 2. The van der Waals surface area contributed by atoms with Gasteiger partial charge in [-0.1, -0.05) is 15.9 Å². The van der Waals surface area contributed by atoms with Gasteiger partial charge in [-0.15, -0.1) is 0 Å². The first-order valence-electron chi connectivity index (χ1n) is 8.56. The van der Waals surface area contributed by atoms with Gasteiger partial charge in [0.2, 0.25) is 0 Å². The van der Waals surface area contributed by atoms with E-state index in [0.717, 1.165) is 26.5 Å². The van der Waals surface area contributed by atoms with Crippen LogP contribution in [0.4, 0.5) is 9.18 Å². The van der Waals surface area contributed by atoms with Crippen LogP contribution in [0.2, 0.25) is 0 Å². The first kappa shape index (κ1) is 18.2. The van der Waals surface area contributed by atoms with Crippen molar-refractivity contribution < 1.29 is 14.3 Å². The molecule has 0 radical (unpaired) electrons. The number of hydrogen-bond donors (Lipinski definition) is 4. The van der Waals surface area contributed by atoms with Gasteiger partial charge in [-0.25, -0.2) is 14.2 Å². The molecular weight excluding hydrogens is 427 g/mol. The van der Waals surface area contributed by atoms with E-state index in [-0.39, 0.29) is 5.82 Å². The zero-order valence-corrected chi connectivity index (χ0v) is 16.1. The number of hydrogen-bond acceptors (Lipinski definition) is 2. The lowest BCUT2D eigenvalue weighted by Gasteiger charge is -2.14. The summed E-state index contributed by atoms with van der Waals surface area (Å²) in [6.45, 7) is 0. The molecule has 0 unspecified atom stereocenters. The molecule has 2 heterocycles. The Hall–Kier alpha value is -3.13. The molecule has 4 N–H and O–H groups in total. The molecule has 0 saturated heterocycles. The highest BCUT2D eigenvalue weighted by Crippen LogP contribution is 2.27. The fraction of sp³-hybridized carbons (Fsp3) is 0.100. The summed E-state index contributed by atoms with van der Waals surface area (Å²) in [7, 11) is 0. The predicted octanol–water partition coefficient (Wildman–Crippen LogP) is 5.01. The monoisotopic (exact) mass is 442 g/mol. The van der Waals surface area contributed by atoms with Crippen molar-refractivity contribution in [3.05, 3.63) is 76.5 Å². The first-order chi connectivity index (χ1) is 13.5. The highest BCUT2D eigenvalue weighted by Gasteiger charge is 2.20. The second-order valence-corrected chi connectivity index (χ2v) is 7.30. The summed E-state index contributed by atoms with van der Waals surface area (Å²) in [4.78, 5) is 22.1. The van der Waals surface area contributed by atoms with Gasteiger partial charge in [-0.2, -0.15) is 0 Å². The van der Waals surface area contributed by atoms with E-state index in [0.29, 0.717) is 17.9 Å². The van der Waals surface area contributed by atoms with Gasteiger partial charge in [-0.3, -0.25) is 0 Å². The van der Waals surface area contributed by atoms with Gasteiger partial charge in [0.25, 0.3) is 0 Å². The lowest BCUT2D eigenvalue weighted by molar-refractivity contribution is 0.189. The molecule has 1 atom stereocenters. The van der Waals surface area contributed by atoms with Crippen molar-refractivity contribution in [2.45, 2.75) is 12.5 Å². The summed E-state index contributed by atoms with van der Waals surface area (Å²) in [6.07, 6.45) is 2.84. The largest absolute Gasteiger partial charge is 0.465 e. The standard InChI is InChI=1S/C20H16BrFN4O2/c21-13-3-6-16-15(8-13)12(9-23-16)7-17(26-20(27)28)19-24-10-18(25-19)11-1-4-14(22)5-2-11/h1-6,8-10,17,23,26H,7H2,(H,24,25)(H,27,28)/t17-/m0/s1. The Kier molecular flexibility index (Phi) is 4.87. The van der Waals surface area contributed by atoms with E-state index in [9.17, 15) is 14.3 Å². The van der Waals surface area contributed by atoms with Crippen molar-refractivity contribution in [1.29, 1.82) is 0 Å². The summed E-state index contributed by atoms with van der Waals surface area (Å²) in [5, 5.41) is 12.8. The van der Waals surface area contributed by atoms with Gasteiger partial charge < -0.3 is 20.4 Å². The second-order valence-electron chi connectivity index (χ2n) is 6.39. The lowest BCUT2D eigenvalue weighted by atomic mass is 10.0. The van der Waals surface area contributed by atoms with Gasteiger partial charge in [0.1, 0.15) is 11.6 Å². The molecule has 0 aliphatic carbocycles. The van der Waals surface area contributed by atoms with Crippen molar-refractivity contribution in [3.8, 4) is 11.3 Å². The number of halogens is 2. The number of aromatic nitrogens is 3. The van der Waals surface area contributed by atoms with E-state index in [1.165, 1.54) is 12.1 Å². The molecule has 142 valence electrons. The van der Waals surface area contributed by atoms with Crippen molar-refractivity contribution in [3.63, 3.8) is 0 Å². The summed E-state index contributed by atoms with van der Waals surface area (Å²) in [6, 6.07) is 11.3. The summed E-state index contributed by atoms with van der Waals surface area (Å²) in [5.74, 6) is 0.168. The third-order valence-corrected chi connectivity index (χ3v) is 5.01. The molecule has 4 rings (SSSR count). The average molecular weight is 443 g/mol. The smallest absolute Gasteiger partial charge is 0.405 e. The van der Waals surface area contributed by atoms with Gasteiger partial charge in [0, 0.05) is 39.8 Å². The number of amides is 1. The lowest BCUT2D eigenvalue weighted by Crippen LogP contribution is -2.29. The van der Waals surface area contributed by atoms with Crippen molar-refractivity contribution in [1.82, 2.24) is 20.3 Å². The van der Waals surface area contributed by atoms with Crippen LogP contribution in [0.15, 0.2) is 59.3 Å². The first-order valence-corrected chi connectivity index (χ1v) is 9.35. The van der Waals surface area contributed by atoms with Gasteiger partial charge in [-0.05, 0) is 48.0 Å². The van der Waals surface area contributed by atoms with Crippen LogP contribution in [-0.2, 0) is 6.42 Å². The third kappa shape index (κ3) is 3.77. The Labute approximate surface area is 167 Å². The van der Waals surface area contributed by atoms with Crippen molar-refractivity contribution >= 4 is 32.9 Å². The molecule has 0 saturated carbocycles. The van der Waals surface area contributed by atoms with Crippen LogP contribution in [0.25, 0.3) is 22.2 Å². The Balaban J connectivity index is 1.65. The Morgan fingerprint density at radius 1 is 1.18 bits per heavy atom. The Morgan fingerprint density at radius 2 is 1.96 bits per heavy atom. The van der Waals surface area contributed by atoms with Crippen LogP contribution >= 0.6 is 15.9 Å². The number of benzene rings is 2. The van der Waals surface area contributed by atoms with E-state index in [2.05, 4.69) is 36.2 Å². The quantitative estimate of drug-likeness (QED) is 0.349. The Bertz CT molecular complexity index is 1140. The fourth-order valence-electron chi connectivity index (χ4n) is 3.19. The molecule has 0 spiro atoms. The molecule has 4 aromatic rings. The maximum Gasteiger partial charge on any atom is 0.405 e. The average Bonchev–Trinajstić information content (AvgIpc) is 3.29. The summed E-state index contributed by atoms with van der Waals surface area (Å²) in [5.41, 5.74) is 3.30. The minimum atomic E-state index is -1.13. The van der Waals surface area contributed by atoms with Crippen LogP contribution < -0.4 is 5.32 Å². The minimum absolute atomic E-state index is 0.324. The van der Waals surface area contributed by atoms with E-state index in [1.807, 2.05) is 24.4 Å². The molecule has 0 fully saturated rings. The number of nitrogens with one attached hydrogen (secondary N) is 3. The number of carbonyl (C=O) groups is 1. The molecule has 1 amide bonds. The highest BCUT2D eigenvalue weighted by atomic mass is 79.9. The van der Waals surface area contributed by atoms with Crippen LogP contribution in [0.1, 0.15) is 17.4 Å². The Morgan fingerprint density at radius 3 is 2.71 bits per heavy atom.